The van der Waals surface area contributed by atoms with Gasteiger partial charge in [-0.1, -0.05) is 48.6 Å². The Morgan fingerprint density at radius 3 is 2.59 bits per heavy atom. The molecule has 6 rings (SSSR count). The van der Waals surface area contributed by atoms with E-state index in [1.807, 2.05) is 96.4 Å². The Labute approximate surface area is 257 Å². The van der Waals surface area contributed by atoms with Crippen LogP contribution in [0.1, 0.15) is 6.42 Å². The minimum atomic E-state index is -0.116. The van der Waals surface area contributed by atoms with Crippen LogP contribution in [0.15, 0.2) is 103 Å². The summed E-state index contributed by atoms with van der Waals surface area (Å²) in [7, 11) is 4.09. The molecule has 1 fully saturated rings. The van der Waals surface area contributed by atoms with Crippen molar-refractivity contribution in [3.05, 3.63) is 103 Å². The lowest BCUT2D eigenvalue weighted by molar-refractivity contribution is 0.222. The van der Waals surface area contributed by atoms with E-state index in [-0.39, 0.29) is 12.1 Å². The third-order valence-electron chi connectivity index (χ3n) is 7.51. The quantitative estimate of drug-likeness (QED) is 0.180. The third kappa shape index (κ3) is 6.87. The standard InChI is InChI=1S/C34H37N9O/c1-41(2)21-9-7-19-35-26-13-15-27(16-14-26)38-34(44)42-23-18-28(24-42)37-33-36-20-17-29(39-33)31-30-12-6-8-22-43(30)40-32(31)25-10-4-3-5-11-25/h3-17,20,22,28,35H,18-19,21,23-24H2,1-2H3,(H,38,44)(H,36,37,39)/b9-7+/t28-/m0/s1. The van der Waals surface area contributed by atoms with Crippen molar-refractivity contribution >= 4 is 28.9 Å². The second-order valence-electron chi connectivity index (χ2n) is 11.1. The van der Waals surface area contributed by atoms with Gasteiger partial charge in [-0.05, 0) is 63.0 Å². The molecule has 10 heteroatoms. The van der Waals surface area contributed by atoms with Gasteiger partial charge in [0.05, 0.1) is 16.8 Å². The van der Waals surface area contributed by atoms with E-state index in [0.29, 0.717) is 19.0 Å². The zero-order chi connectivity index (χ0) is 30.3. The van der Waals surface area contributed by atoms with E-state index in [1.165, 1.54) is 0 Å². The van der Waals surface area contributed by atoms with Crippen LogP contribution in [0.25, 0.3) is 28.0 Å². The lowest BCUT2D eigenvalue weighted by Gasteiger charge is -2.18. The number of amides is 2. The summed E-state index contributed by atoms with van der Waals surface area (Å²) in [5.41, 5.74) is 6.37. The largest absolute Gasteiger partial charge is 0.382 e. The molecular weight excluding hydrogens is 550 g/mol. The predicted octanol–water partition coefficient (Wildman–Crippen LogP) is 5.71. The number of hydrogen-bond donors (Lipinski definition) is 3. The van der Waals surface area contributed by atoms with Crippen LogP contribution in [-0.2, 0) is 0 Å². The topological polar surface area (TPSA) is 103 Å². The van der Waals surface area contributed by atoms with Gasteiger partial charge in [-0.2, -0.15) is 5.10 Å². The molecule has 1 aliphatic heterocycles. The van der Waals surface area contributed by atoms with Crippen molar-refractivity contribution in [2.75, 3.05) is 56.2 Å². The van der Waals surface area contributed by atoms with Gasteiger partial charge in [0.15, 0.2) is 0 Å². The van der Waals surface area contributed by atoms with Gasteiger partial charge in [-0.25, -0.2) is 19.3 Å². The summed E-state index contributed by atoms with van der Waals surface area (Å²) in [5, 5.41) is 14.7. The van der Waals surface area contributed by atoms with Crippen LogP contribution in [0.5, 0.6) is 0 Å². The van der Waals surface area contributed by atoms with Gasteiger partial charge in [0.2, 0.25) is 5.95 Å². The van der Waals surface area contributed by atoms with Gasteiger partial charge >= 0.3 is 6.03 Å². The van der Waals surface area contributed by atoms with Crippen molar-refractivity contribution in [3.8, 4) is 22.5 Å². The summed E-state index contributed by atoms with van der Waals surface area (Å²) in [5.74, 6) is 0.531. The first-order chi connectivity index (χ1) is 21.5. The first kappa shape index (κ1) is 28.9. The maximum Gasteiger partial charge on any atom is 0.321 e. The van der Waals surface area contributed by atoms with Gasteiger partial charge in [-0.3, -0.25) is 0 Å². The number of nitrogens with zero attached hydrogens (tertiary/aromatic N) is 6. The minimum Gasteiger partial charge on any atom is -0.382 e. The van der Waals surface area contributed by atoms with Crippen LogP contribution >= 0.6 is 0 Å². The summed E-state index contributed by atoms with van der Waals surface area (Å²) in [4.78, 5) is 26.3. The predicted molar refractivity (Wildman–Crippen MR) is 177 cm³/mol. The van der Waals surface area contributed by atoms with Gasteiger partial charge in [0.25, 0.3) is 0 Å². The number of carbonyl (C=O) groups is 1. The molecule has 5 aromatic rings. The van der Waals surface area contributed by atoms with Crippen molar-refractivity contribution < 1.29 is 4.79 Å². The second-order valence-corrected chi connectivity index (χ2v) is 11.1. The lowest BCUT2D eigenvalue weighted by Crippen LogP contribution is -2.35. The number of rotatable bonds is 10. The highest BCUT2D eigenvalue weighted by Crippen LogP contribution is 2.34. The highest BCUT2D eigenvalue weighted by Gasteiger charge is 2.27. The average Bonchev–Trinajstić information content (AvgIpc) is 3.67. The Balaban J connectivity index is 1.08. The van der Waals surface area contributed by atoms with Gasteiger partial charge in [0, 0.05) is 61.6 Å². The molecule has 224 valence electrons. The molecule has 0 radical (unpaired) electrons. The van der Waals surface area contributed by atoms with Gasteiger partial charge < -0.3 is 25.8 Å². The van der Waals surface area contributed by atoms with E-state index in [1.54, 1.807) is 6.20 Å². The van der Waals surface area contributed by atoms with Crippen molar-refractivity contribution in [2.24, 2.45) is 0 Å². The van der Waals surface area contributed by atoms with E-state index >= 15 is 0 Å². The molecule has 1 atom stereocenters. The summed E-state index contributed by atoms with van der Waals surface area (Å²) in [6.07, 6.45) is 8.76. The maximum atomic E-state index is 13.0. The molecule has 2 amide bonds. The molecule has 2 aromatic carbocycles. The maximum absolute atomic E-state index is 13.0. The zero-order valence-corrected chi connectivity index (χ0v) is 25.0. The van der Waals surface area contributed by atoms with Crippen LogP contribution in [0.3, 0.4) is 0 Å². The van der Waals surface area contributed by atoms with Crippen LogP contribution in [0, 0.1) is 0 Å². The molecule has 0 unspecified atom stereocenters. The Kier molecular flexibility index (Phi) is 8.79. The molecule has 3 N–H and O–H groups in total. The fourth-order valence-electron chi connectivity index (χ4n) is 5.28. The number of urea groups is 1. The van der Waals surface area contributed by atoms with Crippen molar-refractivity contribution in [2.45, 2.75) is 12.5 Å². The van der Waals surface area contributed by atoms with Crippen molar-refractivity contribution in [1.82, 2.24) is 29.4 Å². The molecule has 0 aliphatic carbocycles. The smallest absolute Gasteiger partial charge is 0.321 e. The number of nitrogens with one attached hydrogen (secondary N) is 3. The summed E-state index contributed by atoms with van der Waals surface area (Å²) in [6, 6.07) is 25.8. The average molecular weight is 588 g/mol. The van der Waals surface area contributed by atoms with E-state index < -0.39 is 0 Å². The molecule has 1 aliphatic rings. The van der Waals surface area contributed by atoms with E-state index in [9.17, 15) is 4.79 Å². The first-order valence-electron chi connectivity index (χ1n) is 14.9. The summed E-state index contributed by atoms with van der Waals surface area (Å²) in [6.45, 7) is 2.87. The first-order valence-corrected chi connectivity index (χ1v) is 14.9. The fraction of sp³-hybridized carbons (Fsp3) is 0.235. The molecule has 10 nitrogen and oxygen atoms in total. The number of carbonyl (C=O) groups excluding carboxylic acids is 1. The number of fused-ring (bicyclic) bond motifs is 1. The zero-order valence-electron chi connectivity index (χ0n) is 25.0. The Hall–Kier alpha value is -5.22. The van der Waals surface area contributed by atoms with E-state index in [4.69, 9.17) is 10.1 Å². The molecule has 1 saturated heterocycles. The Morgan fingerprint density at radius 1 is 0.977 bits per heavy atom. The normalized spacial score (nSPS) is 14.9. The fourth-order valence-corrected chi connectivity index (χ4v) is 5.28. The lowest BCUT2D eigenvalue weighted by atomic mass is 10.0. The molecule has 0 spiro atoms. The van der Waals surface area contributed by atoms with Gasteiger partial charge in [0.1, 0.15) is 5.69 Å². The summed E-state index contributed by atoms with van der Waals surface area (Å²) < 4.78 is 1.88. The summed E-state index contributed by atoms with van der Waals surface area (Å²) >= 11 is 0. The highest BCUT2D eigenvalue weighted by atomic mass is 16.2. The monoisotopic (exact) mass is 587 g/mol. The number of pyridine rings is 1. The molecule has 3 aromatic heterocycles. The van der Waals surface area contributed by atoms with E-state index in [2.05, 4.69) is 50.1 Å². The number of benzene rings is 2. The van der Waals surface area contributed by atoms with Crippen LogP contribution in [0.4, 0.5) is 22.1 Å². The minimum absolute atomic E-state index is 0.0422. The Morgan fingerprint density at radius 2 is 1.77 bits per heavy atom. The molecule has 4 heterocycles. The van der Waals surface area contributed by atoms with Gasteiger partial charge in [-0.15, -0.1) is 0 Å². The molecular formula is C34H37N9O. The van der Waals surface area contributed by atoms with Crippen molar-refractivity contribution in [3.63, 3.8) is 0 Å². The third-order valence-corrected chi connectivity index (χ3v) is 7.51. The van der Waals surface area contributed by atoms with Crippen molar-refractivity contribution in [1.29, 1.82) is 0 Å². The van der Waals surface area contributed by atoms with Crippen LogP contribution in [-0.4, -0.2) is 81.7 Å². The molecule has 44 heavy (non-hydrogen) atoms. The number of anilines is 3. The highest BCUT2D eigenvalue weighted by molar-refractivity contribution is 5.91. The van der Waals surface area contributed by atoms with Crippen LogP contribution < -0.4 is 16.0 Å². The second kappa shape index (κ2) is 13.4. The van der Waals surface area contributed by atoms with E-state index in [0.717, 1.165) is 58.9 Å². The SMILES string of the molecule is CN(C)C/C=C/CNc1ccc(NC(=O)N2CC[C@H](Nc3nccc(-c4c(-c5ccccc5)nn5ccccc45)n3)C2)cc1. The number of aromatic nitrogens is 4. The Bertz CT molecular complexity index is 1730. The number of likely N-dealkylation sites (N-methyl/N-ethyl adjacent to an activating group) is 1. The van der Waals surface area contributed by atoms with Crippen LogP contribution in [0.2, 0.25) is 0 Å². The number of likely N-dealkylation sites (tertiary alicyclic amines) is 1. The molecule has 0 saturated carbocycles. The molecule has 0 bridgehead atoms. The number of hydrogen-bond acceptors (Lipinski definition) is 7.